The van der Waals surface area contributed by atoms with Crippen LogP contribution in [0.15, 0.2) is 0 Å². The second kappa shape index (κ2) is 9.30. The molecule has 0 saturated carbocycles. The van der Waals surface area contributed by atoms with E-state index in [0.717, 1.165) is 0 Å². The number of urea groups is 1. The third kappa shape index (κ3) is 8.47. The Morgan fingerprint density at radius 2 is 1.80 bits per heavy atom. The number of ether oxygens (including phenoxy) is 1. The van der Waals surface area contributed by atoms with E-state index in [1.54, 1.807) is 18.9 Å². The van der Waals surface area contributed by atoms with Gasteiger partial charge in [-0.3, -0.25) is 19.8 Å². The van der Waals surface area contributed by atoms with Crippen molar-refractivity contribution in [1.82, 2.24) is 15.5 Å². The highest BCUT2D eigenvalue weighted by molar-refractivity contribution is 5.95. The molecule has 1 atom stereocenters. The molecule has 1 unspecified atom stereocenters. The van der Waals surface area contributed by atoms with Crippen LogP contribution in [0.1, 0.15) is 20.8 Å². The van der Waals surface area contributed by atoms with Crippen LogP contribution in [-0.2, 0) is 14.3 Å². The van der Waals surface area contributed by atoms with E-state index in [1.807, 2.05) is 13.8 Å². The Hall–Kier alpha value is -1.63. The number of nitrogens with zero attached hydrogens (tertiary/aromatic N) is 1. The molecule has 0 heterocycles. The molecule has 0 aliphatic rings. The maximum absolute atomic E-state index is 11.6. The lowest BCUT2D eigenvalue weighted by molar-refractivity contribution is -0.145. The summed E-state index contributed by atoms with van der Waals surface area (Å²) in [6.45, 7) is 6.57. The molecule has 0 bridgehead atoms. The largest absolute Gasteiger partial charge is 0.469 e. The van der Waals surface area contributed by atoms with Crippen LogP contribution in [0.3, 0.4) is 0 Å². The standard InChI is InChI=1S/C13H25N3O4/c1-9(2)6-14-13(19)15-11(17)8-16(4)7-10(3)12(18)20-5/h9-10H,6-8H2,1-5H3,(H2,14,15,17,19). The fourth-order valence-electron chi connectivity index (χ4n) is 1.56. The Labute approximate surface area is 120 Å². The van der Waals surface area contributed by atoms with Crippen molar-refractivity contribution in [3.8, 4) is 0 Å². The normalized spacial score (nSPS) is 12.2. The van der Waals surface area contributed by atoms with Crippen LogP contribution in [0, 0.1) is 11.8 Å². The predicted octanol–water partition coefficient (Wildman–Crippen LogP) is 0.209. The lowest BCUT2D eigenvalue weighted by Gasteiger charge is -2.19. The van der Waals surface area contributed by atoms with Crippen LogP contribution in [-0.4, -0.2) is 56.6 Å². The lowest BCUT2D eigenvalue weighted by atomic mass is 10.2. The maximum atomic E-state index is 11.6. The van der Waals surface area contributed by atoms with E-state index in [-0.39, 0.29) is 18.4 Å². The number of imide groups is 1. The molecule has 3 amide bonds. The molecule has 0 aliphatic heterocycles. The second-order valence-electron chi connectivity index (χ2n) is 5.27. The molecule has 7 heteroatoms. The van der Waals surface area contributed by atoms with E-state index in [9.17, 15) is 14.4 Å². The molecule has 0 saturated heterocycles. The molecular formula is C13H25N3O4. The molecule has 0 aromatic carbocycles. The second-order valence-corrected chi connectivity index (χ2v) is 5.27. The zero-order valence-electron chi connectivity index (χ0n) is 12.9. The van der Waals surface area contributed by atoms with Gasteiger partial charge < -0.3 is 10.1 Å². The molecule has 0 spiro atoms. The van der Waals surface area contributed by atoms with Gasteiger partial charge in [0, 0.05) is 13.1 Å². The summed E-state index contributed by atoms with van der Waals surface area (Å²) in [5, 5.41) is 4.83. The van der Waals surface area contributed by atoms with Gasteiger partial charge in [0.15, 0.2) is 0 Å². The highest BCUT2D eigenvalue weighted by atomic mass is 16.5. The van der Waals surface area contributed by atoms with E-state index < -0.39 is 11.9 Å². The molecule has 0 aromatic heterocycles. The quantitative estimate of drug-likeness (QED) is 0.654. The van der Waals surface area contributed by atoms with Gasteiger partial charge in [-0.2, -0.15) is 0 Å². The van der Waals surface area contributed by atoms with Gasteiger partial charge in [-0.1, -0.05) is 20.8 Å². The van der Waals surface area contributed by atoms with Crippen LogP contribution in [0.5, 0.6) is 0 Å². The first-order valence-corrected chi connectivity index (χ1v) is 6.60. The predicted molar refractivity (Wildman–Crippen MR) is 75.1 cm³/mol. The van der Waals surface area contributed by atoms with Crippen LogP contribution in [0.25, 0.3) is 0 Å². The third-order valence-corrected chi connectivity index (χ3v) is 2.53. The third-order valence-electron chi connectivity index (χ3n) is 2.53. The Morgan fingerprint density at radius 1 is 1.20 bits per heavy atom. The van der Waals surface area contributed by atoms with Crippen molar-refractivity contribution in [3.63, 3.8) is 0 Å². The fourth-order valence-corrected chi connectivity index (χ4v) is 1.56. The Balaban J connectivity index is 4.01. The average Bonchev–Trinajstić information content (AvgIpc) is 2.34. The average molecular weight is 287 g/mol. The van der Waals surface area contributed by atoms with Gasteiger partial charge in [-0.05, 0) is 13.0 Å². The first-order chi connectivity index (χ1) is 9.26. The molecular weight excluding hydrogens is 262 g/mol. The first-order valence-electron chi connectivity index (χ1n) is 6.60. The number of amides is 3. The van der Waals surface area contributed by atoms with Gasteiger partial charge in [-0.15, -0.1) is 0 Å². The summed E-state index contributed by atoms with van der Waals surface area (Å²) in [4.78, 5) is 35.9. The highest BCUT2D eigenvalue weighted by Crippen LogP contribution is 2.00. The van der Waals surface area contributed by atoms with Gasteiger partial charge in [0.25, 0.3) is 0 Å². The molecule has 7 nitrogen and oxygen atoms in total. The molecule has 0 aromatic rings. The molecule has 2 N–H and O–H groups in total. The van der Waals surface area contributed by atoms with Crippen molar-refractivity contribution >= 4 is 17.9 Å². The summed E-state index contributed by atoms with van der Waals surface area (Å²) in [6.07, 6.45) is 0. The van der Waals surface area contributed by atoms with Crippen molar-refractivity contribution in [2.75, 3.05) is 33.8 Å². The topological polar surface area (TPSA) is 87.7 Å². The zero-order chi connectivity index (χ0) is 15.7. The number of carbonyl (C=O) groups excluding carboxylic acids is 3. The van der Waals surface area contributed by atoms with Crippen LogP contribution in [0.4, 0.5) is 4.79 Å². The monoisotopic (exact) mass is 287 g/mol. The summed E-state index contributed by atoms with van der Waals surface area (Å²) >= 11 is 0. The van der Waals surface area contributed by atoms with Crippen LogP contribution >= 0.6 is 0 Å². The zero-order valence-corrected chi connectivity index (χ0v) is 12.9. The summed E-state index contributed by atoms with van der Waals surface area (Å²) in [7, 11) is 3.02. The lowest BCUT2D eigenvalue weighted by Crippen LogP contribution is -2.45. The maximum Gasteiger partial charge on any atom is 0.321 e. The molecule has 0 fully saturated rings. The van der Waals surface area contributed by atoms with Crippen molar-refractivity contribution in [2.24, 2.45) is 11.8 Å². The molecule has 0 rings (SSSR count). The van der Waals surface area contributed by atoms with Crippen LogP contribution in [0.2, 0.25) is 0 Å². The minimum absolute atomic E-state index is 0.0381. The fraction of sp³-hybridized carbons (Fsp3) is 0.769. The summed E-state index contributed by atoms with van der Waals surface area (Å²) in [5.74, 6) is -0.746. The number of hydrogen-bond acceptors (Lipinski definition) is 5. The summed E-state index contributed by atoms with van der Waals surface area (Å²) in [6, 6.07) is -0.502. The van der Waals surface area contributed by atoms with Crippen molar-refractivity contribution in [3.05, 3.63) is 0 Å². The molecule has 116 valence electrons. The highest BCUT2D eigenvalue weighted by Gasteiger charge is 2.17. The molecule has 0 aliphatic carbocycles. The number of methoxy groups -OCH3 is 1. The van der Waals surface area contributed by atoms with E-state index in [2.05, 4.69) is 15.4 Å². The Morgan fingerprint density at radius 3 is 2.30 bits per heavy atom. The number of rotatable bonds is 7. The minimum Gasteiger partial charge on any atom is -0.469 e. The van der Waals surface area contributed by atoms with Crippen LogP contribution < -0.4 is 10.6 Å². The smallest absolute Gasteiger partial charge is 0.321 e. The number of esters is 1. The van der Waals surface area contributed by atoms with E-state index in [0.29, 0.717) is 19.0 Å². The number of nitrogens with one attached hydrogen (secondary N) is 2. The minimum atomic E-state index is -0.502. The SMILES string of the molecule is COC(=O)C(C)CN(C)CC(=O)NC(=O)NCC(C)C. The Bertz CT molecular complexity index is 345. The molecule has 0 radical (unpaired) electrons. The van der Waals surface area contributed by atoms with E-state index >= 15 is 0 Å². The van der Waals surface area contributed by atoms with Crippen molar-refractivity contribution < 1.29 is 19.1 Å². The van der Waals surface area contributed by atoms with E-state index in [1.165, 1.54) is 7.11 Å². The molecule has 20 heavy (non-hydrogen) atoms. The summed E-state index contributed by atoms with van der Waals surface area (Å²) in [5.41, 5.74) is 0. The van der Waals surface area contributed by atoms with Crippen molar-refractivity contribution in [1.29, 1.82) is 0 Å². The number of hydrogen-bond donors (Lipinski definition) is 2. The van der Waals surface area contributed by atoms with Gasteiger partial charge in [0.1, 0.15) is 0 Å². The van der Waals surface area contributed by atoms with Crippen molar-refractivity contribution in [2.45, 2.75) is 20.8 Å². The van der Waals surface area contributed by atoms with Gasteiger partial charge in [-0.25, -0.2) is 4.79 Å². The van der Waals surface area contributed by atoms with Gasteiger partial charge in [0.2, 0.25) is 5.91 Å². The number of carbonyl (C=O) groups is 3. The Kier molecular flexibility index (Phi) is 8.54. The van der Waals surface area contributed by atoms with E-state index in [4.69, 9.17) is 0 Å². The van der Waals surface area contributed by atoms with Gasteiger partial charge >= 0.3 is 12.0 Å². The number of likely N-dealkylation sites (N-methyl/N-ethyl adjacent to an activating group) is 1. The van der Waals surface area contributed by atoms with Gasteiger partial charge in [0.05, 0.1) is 19.6 Å². The summed E-state index contributed by atoms with van der Waals surface area (Å²) < 4.78 is 4.61. The first kappa shape index (κ1) is 18.4.